The third-order valence-electron chi connectivity index (χ3n) is 3.98. The molecule has 9 heteroatoms. The second-order valence-corrected chi connectivity index (χ2v) is 6.52. The van der Waals surface area contributed by atoms with Gasteiger partial charge in [-0.2, -0.15) is 0 Å². The van der Waals surface area contributed by atoms with Crippen LogP contribution in [-0.4, -0.2) is 44.3 Å². The maximum atomic E-state index is 14.4. The molecule has 1 N–H and O–H groups in total. The van der Waals surface area contributed by atoms with Gasteiger partial charge in [-0.3, -0.25) is 10.1 Å². The first-order valence-electron chi connectivity index (χ1n) is 8.39. The smallest absolute Gasteiger partial charge is 0.319 e. The van der Waals surface area contributed by atoms with Crippen LogP contribution in [0, 0.1) is 15.9 Å². The largest absolute Gasteiger partial charge is 0.385 e. The van der Waals surface area contributed by atoms with Gasteiger partial charge in [-0.25, -0.2) is 9.37 Å². The van der Waals surface area contributed by atoms with Crippen LogP contribution < -0.4 is 10.2 Å². The van der Waals surface area contributed by atoms with Crippen LogP contribution in [0.25, 0.3) is 11.1 Å². The molecule has 27 heavy (non-hydrogen) atoms. The van der Waals surface area contributed by atoms with Crippen LogP contribution in [0.1, 0.15) is 12.8 Å². The minimum absolute atomic E-state index is 0.128. The molecule has 146 valence electrons. The number of hydrogen-bond acceptors (Lipinski definition) is 6. The van der Waals surface area contributed by atoms with Crippen molar-refractivity contribution in [2.24, 2.45) is 0 Å². The number of benzene rings is 1. The zero-order valence-corrected chi connectivity index (χ0v) is 16.2. The Labute approximate surface area is 162 Å². The molecule has 2 rings (SSSR count). The van der Waals surface area contributed by atoms with Crippen LogP contribution in [0.2, 0.25) is 5.02 Å². The first-order chi connectivity index (χ1) is 12.9. The SMILES string of the molecule is COCCCCNc1nccc(-c2cc(F)c(N(C)C)cc2Cl)c1[N+](=O)[O-]. The van der Waals surface area contributed by atoms with Crippen molar-refractivity contribution in [3.05, 3.63) is 45.4 Å². The Morgan fingerprint density at radius 1 is 1.33 bits per heavy atom. The molecular formula is C18H22ClFN4O3. The van der Waals surface area contributed by atoms with Crippen LogP contribution in [0.3, 0.4) is 0 Å². The van der Waals surface area contributed by atoms with E-state index in [9.17, 15) is 14.5 Å². The van der Waals surface area contributed by atoms with Gasteiger partial charge in [0.2, 0.25) is 5.82 Å². The van der Waals surface area contributed by atoms with Crippen molar-refractivity contribution in [1.29, 1.82) is 0 Å². The predicted octanol–water partition coefficient (Wildman–Crippen LogP) is 4.35. The Kier molecular flexibility index (Phi) is 7.32. The van der Waals surface area contributed by atoms with E-state index in [0.29, 0.717) is 18.8 Å². The molecule has 0 aliphatic rings. The molecular weight excluding hydrogens is 375 g/mol. The Balaban J connectivity index is 2.41. The highest BCUT2D eigenvalue weighted by Gasteiger charge is 2.24. The van der Waals surface area contributed by atoms with Gasteiger partial charge in [0.05, 0.1) is 21.2 Å². The number of nitrogens with one attached hydrogen (secondary N) is 1. The first kappa shape index (κ1) is 20.9. The number of nitro groups is 1. The summed E-state index contributed by atoms with van der Waals surface area (Å²) in [6.07, 6.45) is 3.03. The number of unbranched alkanes of at least 4 members (excludes halogenated alkanes) is 1. The van der Waals surface area contributed by atoms with Crippen LogP contribution in [0.4, 0.5) is 21.6 Å². The van der Waals surface area contributed by atoms with E-state index in [1.807, 2.05) is 0 Å². The van der Waals surface area contributed by atoms with Crippen LogP contribution in [-0.2, 0) is 4.74 Å². The van der Waals surface area contributed by atoms with E-state index in [1.54, 1.807) is 26.1 Å². The summed E-state index contributed by atoms with van der Waals surface area (Å²) in [5, 5.41) is 14.9. The molecule has 0 radical (unpaired) electrons. The lowest BCUT2D eigenvalue weighted by Gasteiger charge is -2.16. The van der Waals surface area contributed by atoms with E-state index in [0.717, 1.165) is 12.8 Å². The van der Waals surface area contributed by atoms with Gasteiger partial charge in [-0.15, -0.1) is 0 Å². The van der Waals surface area contributed by atoms with Gasteiger partial charge >= 0.3 is 5.69 Å². The third kappa shape index (κ3) is 5.05. The number of aromatic nitrogens is 1. The Morgan fingerprint density at radius 3 is 2.70 bits per heavy atom. The highest BCUT2D eigenvalue weighted by atomic mass is 35.5. The van der Waals surface area contributed by atoms with E-state index in [4.69, 9.17) is 16.3 Å². The molecule has 0 amide bonds. The van der Waals surface area contributed by atoms with Gasteiger partial charge in [0.1, 0.15) is 5.82 Å². The second-order valence-electron chi connectivity index (χ2n) is 6.12. The third-order valence-corrected chi connectivity index (χ3v) is 4.30. The van der Waals surface area contributed by atoms with Crippen molar-refractivity contribution in [2.75, 3.05) is 44.6 Å². The summed E-state index contributed by atoms with van der Waals surface area (Å²) in [4.78, 5) is 16.8. The molecule has 0 aliphatic carbocycles. The Bertz CT molecular complexity index is 817. The molecule has 2 aromatic rings. The maximum Gasteiger partial charge on any atom is 0.319 e. The van der Waals surface area contributed by atoms with Crippen molar-refractivity contribution >= 4 is 28.8 Å². The van der Waals surface area contributed by atoms with Gasteiger partial charge in [0.15, 0.2) is 0 Å². The standard InChI is InChI=1S/C18H22ClFN4O3/c1-23(2)16-11-14(19)13(10-15(16)20)12-6-8-22-18(17(12)24(25)26)21-7-4-5-9-27-3/h6,8,10-11H,4-5,7,9H2,1-3H3,(H,21,22). The minimum Gasteiger partial charge on any atom is -0.385 e. The molecule has 0 saturated heterocycles. The monoisotopic (exact) mass is 396 g/mol. The fraction of sp³-hybridized carbons (Fsp3) is 0.389. The number of halogens is 2. The second kappa shape index (κ2) is 9.48. The van der Waals surface area contributed by atoms with Gasteiger partial charge < -0.3 is 15.0 Å². The topological polar surface area (TPSA) is 80.5 Å². The molecule has 0 aliphatic heterocycles. The normalized spacial score (nSPS) is 10.7. The van der Waals surface area contributed by atoms with Gasteiger partial charge in [0.25, 0.3) is 0 Å². The Hall–Kier alpha value is -2.45. The number of hydrogen-bond donors (Lipinski definition) is 1. The van der Waals surface area contributed by atoms with Crippen molar-refractivity contribution in [2.45, 2.75) is 12.8 Å². The van der Waals surface area contributed by atoms with Crippen molar-refractivity contribution in [3.63, 3.8) is 0 Å². The lowest BCUT2D eigenvalue weighted by molar-refractivity contribution is -0.383. The average molecular weight is 397 g/mol. The summed E-state index contributed by atoms with van der Waals surface area (Å²) in [6, 6.07) is 4.13. The molecule has 1 aromatic carbocycles. The van der Waals surface area contributed by atoms with Crippen LogP contribution in [0.5, 0.6) is 0 Å². The average Bonchev–Trinajstić information content (AvgIpc) is 2.62. The number of pyridine rings is 1. The zero-order chi connectivity index (χ0) is 20.0. The van der Waals surface area contributed by atoms with E-state index in [1.165, 1.54) is 24.4 Å². The van der Waals surface area contributed by atoms with E-state index >= 15 is 0 Å². The van der Waals surface area contributed by atoms with Crippen LogP contribution >= 0.6 is 11.6 Å². The highest BCUT2D eigenvalue weighted by molar-refractivity contribution is 6.33. The predicted molar refractivity (Wildman–Crippen MR) is 105 cm³/mol. The zero-order valence-electron chi connectivity index (χ0n) is 15.5. The molecule has 0 saturated carbocycles. The number of anilines is 2. The van der Waals surface area contributed by atoms with Crippen molar-refractivity contribution in [3.8, 4) is 11.1 Å². The lowest BCUT2D eigenvalue weighted by Crippen LogP contribution is -2.11. The molecule has 0 fully saturated rings. The van der Waals surface area contributed by atoms with E-state index in [-0.39, 0.29) is 27.7 Å². The fourth-order valence-corrected chi connectivity index (χ4v) is 2.91. The summed E-state index contributed by atoms with van der Waals surface area (Å²) in [5.41, 5.74) is 0.528. The number of ether oxygens (including phenoxy) is 1. The van der Waals surface area contributed by atoms with Crippen molar-refractivity contribution in [1.82, 2.24) is 4.98 Å². The molecule has 0 bridgehead atoms. The van der Waals surface area contributed by atoms with Gasteiger partial charge in [-0.05, 0) is 31.0 Å². The molecule has 1 aromatic heterocycles. The van der Waals surface area contributed by atoms with E-state index < -0.39 is 10.7 Å². The van der Waals surface area contributed by atoms with Gasteiger partial charge in [0, 0.05) is 46.1 Å². The molecule has 1 heterocycles. The Morgan fingerprint density at radius 2 is 2.07 bits per heavy atom. The molecule has 0 atom stereocenters. The summed E-state index contributed by atoms with van der Waals surface area (Å²) < 4.78 is 19.4. The van der Waals surface area contributed by atoms with Crippen LogP contribution in [0.15, 0.2) is 24.4 Å². The highest BCUT2D eigenvalue weighted by Crippen LogP contribution is 2.40. The summed E-state index contributed by atoms with van der Waals surface area (Å²) in [5.74, 6) is -0.386. The fourth-order valence-electron chi connectivity index (χ4n) is 2.65. The van der Waals surface area contributed by atoms with E-state index in [2.05, 4.69) is 10.3 Å². The first-order valence-corrected chi connectivity index (χ1v) is 8.77. The quantitative estimate of drug-likeness (QED) is 0.385. The number of nitrogens with zero attached hydrogens (tertiary/aromatic N) is 3. The summed E-state index contributed by atoms with van der Waals surface area (Å²) >= 11 is 6.30. The summed E-state index contributed by atoms with van der Waals surface area (Å²) in [7, 11) is 5.00. The number of methoxy groups -OCH3 is 1. The molecule has 0 spiro atoms. The summed E-state index contributed by atoms with van der Waals surface area (Å²) in [6.45, 7) is 1.12. The van der Waals surface area contributed by atoms with Crippen molar-refractivity contribution < 1.29 is 14.1 Å². The van der Waals surface area contributed by atoms with Gasteiger partial charge in [-0.1, -0.05) is 11.6 Å². The lowest BCUT2D eigenvalue weighted by atomic mass is 10.0. The maximum absolute atomic E-state index is 14.4. The molecule has 0 unspecified atom stereocenters. The molecule has 7 nitrogen and oxygen atoms in total. The number of rotatable bonds is 9. The minimum atomic E-state index is -0.534.